The number of likely N-dealkylation sites (N-methyl/N-ethyl adjacent to an activating group) is 1. The second kappa shape index (κ2) is 12.7. The molecule has 1 amide bonds. The number of carbonyl (C=O) groups is 1. The molecule has 6 nitrogen and oxygen atoms in total. The summed E-state index contributed by atoms with van der Waals surface area (Å²) in [6.07, 6.45) is 2.15. The number of benzene rings is 2. The Morgan fingerprint density at radius 2 is 1.89 bits per heavy atom. The molecule has 1 saturated heterocycles. The van der Waals surface area contributed by atoms with Crippen LogP contribution in [0.2, 0.25) is 0 Å². The van der Waals surface area contributed by atoms with Crippen molar-refractivity contribution in [1.29, 1.82) is 0 Å². The van der Waals surface area contributed by atoms with E-state index in [-0.39, 0.29) is 5.91 Å². The first kappa shape index (κ1) is 25.2. The highest BCUT2D eigenvalue weighted by molar-refractivity contribution is 7.17. The normalized spacial score (nSPS) is 14.1. The zero-order valence-electron chi connectivity index (χ0n) is 20.5. The van der Waals surface area contributed by atoms with Crippen LogP contribution in [0.15, 0.2) is 60.7 Å². The summed E-state index contributed by atoms with van der Waals surface area (Å²) in [6, 6.07) is 20.5. The smallest absolute Gasteiger partial charge is 0.265 e. The van der Waals surface area contributed by atoms with Gasteiger partial charge in [0.05, 0.1) is 6.61 Å². The number of amides is 1. The van der Waals surface area contributed by atoms with Crippen molar-refractivity contribution in [3.63, 3.8) is 0 Å². The molecule has 0 saturated carbocycles. The van der Waals surface area contributed by atoms with E-state index in [4.69, 9.17) is 14.2 Å². The first-order chi connectivity index (χ1) is 17.1. The highest BCUT2D eigenvalue weighted by Crippen LogP contribution is 2.36. The fourth-order valence-corrected chi connectivity index (χ4v) is 5.19. The summed E-state index contributed by atoms with van der Waals surface area (Å²) in [7, 11) is 2.15. The summed E-state index contributed by atoms with van der Waals surface area (Å²) >= 11 is 1.45. The highest BCUT2D eigenvalue weighted by Gasteiger charge is 2.19. The lowest BCUT2D eigenvalue weighted by molar-refractivity contribution is 0.0392. The molecule has 0 radical (unpaired) electrons. The monoisotopic (exact) mass is 494 g/mol. The van der Waals surface area contributed by atoms with Crippen molar-refractivity contribution in [3.05, 3.63) is 71.1 Å². The molecule has 0 atom stereocenters. The molecule has 1 aromatic heterocycles. The summed E-state index contributed by atoms with van der Waals surface area (Å²) in [6.45, 7) is 6.03. The van der Waals surface area contributed by atoms with Gasteiger partial charge in [0.25, 0.3) is 5.91 Å². The van der Waals surface area contributed by atoms with Crippen molar-refractivity contribution in [3.8, 4) is 21.9 Å². The Kier molecular flexibility index (Phi) is 9.17. The van der Waals surface area contributed by atoms with Crippen molar-refractivity contribution in [2.45, 2.75) is 32.4 Å². The summed E-state index contributed by atoms with van der Waals surface area (Å²) < 4.78 is 17.2. The van der Waals surface area contributed by atoms with E-state index < -0.39 is 0 Å². The molecule has 0 unspecified atom stereocenters. The average Bonchev–Trinajstić information content (AvgIpc) is 3.33. The van der Waals surface area contributed by atoms with Gasteiger partial charge in [-0.15, -0.1) is 11.3 Å². The molecule has 1 fully saturated rings. The summed E-state index contributed by atoms with van der Waals surface area (Å²) in [4.78, 5) is 17.0. The van der Waals surface area contributed by atoms with E-state index in [2.05, 4.69) is 17.3 Å². The predicted molar refractivity (Wildman–Crippen MR) is 141 cm³/mol. The van der Waals surface area contributed by atoms with E-state index in [1.54, 1.807) is 0 Å². The largest absolute Gasteiger partial charge is 0.492 e. The number of hydrogen-bond donors (Lipinski definition) is 1. The van der Waals surface area contributed by atoms with E-state index in [0.29, 0.717) is 36.4 Å². The van der Waals surface area contributed by atoms with Gasteiger partial charge < -0.3 is 19.5 Å². The Labute approximate surface area is 211 Å². The van der Waals surface area contributed by atoms with Crippen LogP contribution >= 0.6 is 11.3 Å². The number of nitrogens with zero attached hydrogens (tertiary/aromatic N) is 1. The summed E-state index contributed by atoms with van der Waals surface area (Å²) in [5.74, 6) is 1.30. The van der Waals surface area contributed by atoms with Gasteiger partial charge in [0.2, 0.25) is 0 Å². The molecular formula is C28H34N2O4S. The zero-order valence-corrected chi connectivity index (χ0v) is 21.3. The Balaban J connectivity index is 1.32. The lowest BCUT2D eigenvalue weighted by Crippen LogP contribution is -2.38. The molecule has 0 bridgehead atoms. The third kappa shape index (κ3) is 7.07. The van der Waals surface area contributed by atoms with Gasteiger partial charge in [0, 0.05) is 37.2 Å². The van der Waals surface area contributed by atoms with E-state index in [1.807, 2.05) is 67.6 Å². The van der Waals surface area contributed by atoms with E-state index in [1.165, 1.54) is 11.3 Å². The first-order valence-corrected chi connectivity index (χ1v) is 13.1. The van der Waals surface area contributed by atoms with Crippen LogP contribution in [0.5, 0.6) is 11.5 Å². The van der Waals surface area contributed by atoms with Crippen LogP contribution < -0.4 is 14.8 Å². The minimum absolute atomic E-state index is 0.134. The molecule has 186 valence electrons. The van der Waals surface area contributed by atoms with Crippen LogP contribution in [-0.2, 0) is 11.3 Å². The van der Waals surface area contributed by atoms with Crippen molar-refractivity contribution < 1.29 is 19.0 Å². The maximum atomic E-state index is 13.0. The van der Waals surface area contributed by atoms with Crippen LogP contribution in [0.1, 0.15) is 35.0 Å². The lowest BCUT2D eigenvalue weighted by atomic mass is 10.1. The van der Waals surface area contributed by atoms with E-state index in [9.17, 15) is 4.79 Å². The van der Waals surface area contributed by atoms with Gasteiger partial charge in [0.1, 0.15) is 23.0 Å². The minimum Gasteiger partial charge on any atom is -0.492 e. The maximum absolute atomic E-state index is 13.0. The van der Waals surface area contributed by atoms with Gasteiger partial charge in [-0.25, -0.2) is 0 Å². The number of thiophene rings is 1. The zero-order chi connectivity index (χ0) is 24.5. The van der Waals surface area contributed by atoms with Crippen molar-refractivity contribution in [1.82, 2.24) is 10.2 Å². The highest BCUT2D eigenvalue weighted by atomic mass is 32.1. The van der Waals surface area contributed by atoms with Crippen molar-refractivity contribution in [2.24, 2.45) is 0 Å². The SMILES string of the molecule is CCOc1cc(-c2ccccc2)sc1C(=O)NCc1cccc(OCCN(C)C2CCOCC2)c1. The summed E-state index contributed by atoms with van der Waals surface area (Å²) in [5, 5.41) is 3.04. The molecule has 1 aliphatic heterocycles. The van der Waals surface area contributed by atoms with Crippen molar-refractivity contribution in [2.75, 3.05) is 40.0 Å². The summed E-state index contributed by atoms with van der Waals surface area (Å²) in [5.41, 5.74) is 2.07. The fourth-order valence-electron chi connectivity index (χ4n) is 4.16. The lowest BCUT2D eigenvalue weighted by Gasteiger charge is -2.31. The second-order valence-electron chi connectivity index (χ2n) is 8.61. The van der Waals surface area contributed by atoms with Crippen LogP contribution in [0.4, 0.5) is 0 Å². The Morgan fingerprint density at radius 3 is 2.66 bits per heavy atom. The van der Waals surface area contributed by atoms with Gasteiger partial charge in [0.15, 0.2) is 0 Å². The number of ether oxygens (including phenoxy) is 3. The van der Waals surface area contributed by atoms with Crippen LogP contribution in [-0.4, -0.2) is 56.9 Å². The van der Waals surface area contributed by atoms with Gasteiger partial charge >= 0.3 is 0 Å². The van der Waals surface area contributed by atoms with Crippen molar-refractivity contribution >= 4 is 17.2 Å². The molecule has 2 heterocycles. The molecule has 35 heavy (non-hydrogen) atoms. The molecule has 7 heteroatoms. The third-order valence-corrected chi connectivity index (χ3v) is 7.30. The number of nitrogens with one attached hydrogen (secondary N) is 1. The Bertz CT molecular complexity index is 1080. The van der Waals surface area contributed by atoms with Gasteiger partial charge in [-0.2, -0.15) is 0 Å². The first-order valence-electron chi connectivity index (χ1n) is 12.2. The molecule has 3 aromatic rings. The predicted octanol–water partition coefficient (Wildman–Crippen LogP) is 5.23. The molecule has 0 spiro atoms. The minimum atomic E-state index is -0.134. The molecule has 2 aromatic carbocycles. The molecule has 4 rings (SSSR count). The Morgan fingerprint density at radius 1 is 1.09 bits per heavy atom. The average molecular weight is 495 g/mol. The number of carbonyl (C=O) groups excluding carboxylic acids is 1. The van der Waals surface area contributed by atoms with E-state index >= 15 is 0 Å². The standard InChI is InChI=1S/C28H34N2O4S/c1-3-33-25-19-26(22-9-5-4-6-10-22)35-27(25)28(31)29-20-21-8-7-11-24(18-21)34-17-14-30(2)23-12-15-32-16-13-23/h4-11,18-19,23H,3,12-17,20H2,1-2H3,(H,29,31). The van der Waals surface area contributed by atoms with Crippen LogP contribution in [0, 0.1) is 0 Å². The molecule has 1 N–H and O–H groups in total. The molecular weight excluding hydrogens is 460 g/mol. The van der Waals surface area contributed by atoms with Gasteiger partial charge in [-0.1, -0.05) is 42.5 Å². The van der Waals surface area contributed by atoms with Gasteiger partial charge in [-0.3, -0.25) is 9.69 Å². The number of hydrogen-bond acceptors (Lipinski definition) is 6. The van der Waals surface area contributed by atoms with E-state index in [0.717, 1.165) is 54.4 Å². The Hall–Kier alpha value is -2.87. The fraction of sp³-hybridized carbons (Fsp3) is 0.393. The quantitative estimate of drug-likeness (QED) is 0.395. The van der Waals surface area contributed by atoms with Crippen LogP contribution in [0.25, 0.3) is 10.4 Å². The topological polar surface area (TPSA) is 60.0 Å². The third-order valence-electron chi connectivity index (χ3n) is 6.14. The second-order valence-corrected chi connectivity index (χ2v) is 9.66. The maximum Gasteiger partial charge on any atom is 0.265 e. The number of rotatable bonds is 11. The van der Waals surface area contributed by atoms with Crippen LogP contribution in [0.3, 0.4) is 0 Å². The molecule has 0 aliphatic carbocycles. The van der Waals surface area contributed by atoms with Gasteiger partial charge in [-0.05, 0) is 56.1 Å². The molecule has 1 aliphatic rings.